The molecule has 2 fully saturated rings. The first-order valence-electron chi connectivity index (χ1n) is 6.82. The summed E-state index contributed by atoms with van der Waals surface area (Å²) in [5.41, 5.74) is 0.459. The molecule has 1 saturated carbocycles. The fourth-order valence-electron chi connectivity index (χ4n) is 2.96. The van der Waals surface area contributed by atoms with Crippen molar-refractivity contribution in [3.8, 4) is 0 Å². The highest BCUT2D eigenvalue weighted by atomic mass is 35.7. The first-order valence-corrected chi connectivity index (χ1v) is 9.28. The number of likely N-dealkylation sites (tertiary alicyclic amines) is 1. The lowest BCUT2D eigenvalue weighted by Gasteiger charge is -2.24. The predicted molar refractivity (Wildman–Crippen MR) is 68.9 cm³/mol. The van der Waals surface area contributed by atoms with Gasteiger partial charge in [0.15, 0.2) is 11.2 Å². The van der Waals surface area contributed by atoms with Crippen molar-refractivity contribution in [2.24, 2.45) is 11.3 Å². The Balaban J connectivity index is 0.000000347. The Morgan fingerprint density at radius 1 is 1.05 bits per heavy atom. The summed E-state index contributed by atoms with van der Waals surface area (Å²) in [5.74, 6) is 0.839. The molecule has 2 unspecified atom stereocenters. The molecule has 0 aromatic carbocycles. The van der Waals surface area contributed by atoms with E-state index in [1.54, 1.807) is 5.25 Å². The second kappa shape index (κ2) is 7.05. The minimum atomic E-state index is -4.94. The van der Waals surface area contributed by atoms with Crippen LogP contribution in [-0.4, -0.2) is 30.3 Å². The van der Waals surface area contributed by atoms with Gasteiger partial charge in [0.1, 0.15) is 0 Å². The molecule has 0 aromatic rings. The lowest BCUT2D eigenvalue weighted by molar-refractivity contribution is -2.00. The van der Waals surface area contributed by atoms with E-state index in [1.807, 2.05) is 11.8 Å². The van der Waals surface area contributed by atoms with Crippen LogP contribution >= 0.6 is 11.8 Å². The van der Waals surface area contributed by atoms with Crippen molar-refractivity contribution < 1.29 is 28.9 Å². The van der Waals surface area contributed by atoms with Gasteiger partial charge in [-0.15, -0.1) is 10.2 Å². The van der Waals surface area contributed by atoms with Gasteiger partial charge >= 0.3 is 0 Å². The lowest BCUT2D eigenvalue weighted by Crippen LogP contribution is -2.68. The second-order valence-corrected chi connectivity index (χ2v) is 8.01. The minimum Gasteiger partial charge on any atom is -0.258 e. The summed E-state index contributed by atoms with van der Waals surface area (Å²) in [6.07, 6.45) is 6.51. The van der Waals surface area contributed by atoms with Crippen LogP contribution in [0, 0.1) is 26.8 Å². The van der Waals surface area contributed by atoms with Gasteiger partial charge in [0.25, 0.3) is 0 Å². The van der Waals surface area contributed by atoms with Crippen LogP contribution in [0.4, 0.5) is 0 Å². The van der Waals surface area contributed by atoms with Crippen LogP contribution in [-0.2, 0) is 0 Å². The summed E-state index contributed by atoms with van der Waals surface area (Å²) in [6, 6.07) is 0.806. The van der Waals surface area contributed by atoms with Crippen molar-refractivity contribution in [3.63, 3.8) is 0 Å². The average molecular weight is 326 g/mol. The Bertz CT molecular complexity index is 294. The molecule has 1 aliphatic heterocycles. The first-order chi connectivity index (χ1) is 9.05. The summed E-state index contributed by atoms with van der Waals surface area (Å²) >= 11 is 2.00. The highest BCUT2D eigenvalue weighted by molar-refractivity contribution is 8.01. The van der Waals surface area contributed by atoms with E-state index in [9.17, 15) is 0 Å². The fourth-order valence-corrected chi connectivity index (χ4v) is 4.16. The molecule has 0 bridgehead atoms. The second-order valence-electron chi connectivity index (χ2n) is 6.37. The monoisotopic (exact) mass is 325 g/mol. The molecule has 2 rings (SSSR count). The van der Waals surface area contributed by atoms with Crippen LogP contribution in [0.1, 0.15) is 40.0 Å². The van der Waals surface area contributed by atoms with E-state index < -0.39 is 10.2 Å². The Labute approximate surface area is 128 Å². The van der Waals surface area contributed by atoms with Gasteiger partial charge in [-0.25, -0.2) is 18.6 Å². The van der Waals surface area contributed by atoms with Crippen LogP contribution in [0.3, 0.4) is 0 Å². The maximum Gasteiger partial charge on any atom is 0.212 e. The molecular weight excluding hydrogens is 302 g/mol. The smallest absolute Gasteiger partial charge is 0.212 e. The summed E-state index contributed by atoms with van der Waals surface area (Å²) in [4.78, 5) is 2.73. The molecule has 0 spiro atoms. The van der Waals surface area contributed by atoms with Crippen molar-refractivity contribution in [1.82, 2.24) is 4.90 Å². The van der Waals surface area contributed by atoms with Gasteiger partial charge in [0, 0.05) is 24.8 Å². The number of piperidine rings is 1. The van der Waals surface area contributed by atoms with Crippen molar-refractivity contribution >= 4 is 11.8 Å². The van der Waals surface area contributed by atoms with Crippen LogP contribution in [0.2, 0.25) is 0 Å². The van der Waals surface area contributed by atoms with Gasteiger partial charge in [0.2, 0.25) is 6.04 Å². The Hall–Kier alpha value is 0.310. The maximum absolute atomic E-state index is 8.49. The predicted octanol–water partition coefficient (Wildman–Crippen LogP) is -1.34. The molecule has 1 aliphatic carbocycles. The van der Waals surface area contributed by atoms with Crippen molar-refractivity contribution in [1.29, 1.82) is 0 Å². The molecule has 20 heavy (non-hydrogen) atoms. The molecular formula is C13H24ClNO4S. The zero-order valence-corrected chi connectivity index (χ0v) is 14.1. The van der Waals surface area contributed by atoms with Crippen LogP contribution in [0.25, 0.3) is 0 Å². The molecule has 0 N–H and O–H groups in total. The van der Waals surface area contributed by atoms with Gasteiger partial charge in [-0.3, -0.25) is 4.90 Å². The average Bonchev–Trinajstić information content (AvgIpc) is 3.02. The van der Waals surface area contributed by atoms with Gasteiger partial charge in [0.05, 0.1) is 11.8 Å². The van der Waals surface area contributed by atoms with E-state index in [-0.39, 0.29) is 0 Å². The Morgan fingerprint density at radius 3 is 1.80 bits per heavy atom. The molecule has 118 valence electrons. The van der Waals surface area contributed by atoms with Crippen LogP contribution in [0.15, 0.2) is 0 Å². The van der Waals surface area contributed by atoms with Crippen molar-refractivity contribution in [2.75, 3.05) is 19.3 Å². The summed E-state index contributed by atoms with van der Waals surface area (Å²) < 4.78 is 34.0. The number of halogens is 1. The normalized spacial score (nSPS) is 27.9. The maximum atomic E-state index is 8.49. The lowest BCUT2D eigenvalue weighted by atomic mass is 9.89. The van der Waals surface area contributed by atoms with Gasteiger partial charge in [-0.05, 0) is 12.8 Å². The largest absolute Gasteiger partial charge is 0.258 e. The van der Waals surface area contributed by atoms with E-state index in [2.05, 4.69) is 31.9 Å². The molecule has 1 saturated heterocycles. The summed E-state index contributed by atoms with van der Waals surface area (Å²) in [6.45, 7) is 9.83. The molecule has 2 atom stereocenters. The van der Waals surface area contributed by atoms with Crippen LogP contribution in [0.5, 0.6) is 0 Å². The topological polar surface area (TPSA) is 95.5 Å². The SMILES string of the molecule is CS[C+]1C(N2CCCCC2)C1C(C)(C)C.[O-][Cl+3]([O-])([O-])[O-]. The third-order valence-electron chi connectivity index (χ3n) is 3.76. The standard InChI is InChI=1S/C13H24NS.ClHO4/c1-13(2,3)10-11(12(10)15-4)14-8-6-5-7-9-14;2-1(3,4)5/h10-11H,5-9H2,1-4H3;(H,2,3,4,5)/q+1;/p-1. The number of hydrogen-bond acceptors (Lipinski definition) is 6. The summed E-state index contributed by atoms with van der Waals surface area (Å²) in [5, 5.41) is 1.74. The quantitative estimate of drug-likeness (QED) is 0.583. The molecule has 0 amide bonds. The van der Waals surface area contributed by atoms with Crippen molar-refractivity contribution in [2.45, 2.75) is 46.1 Å². The van der Waals surface area contributed by atoms with E-state index >= 15 is 0 Å². The van der Waals surface area contributed by atoms with E-state index in [4.69, 9.17) is 18.6 Å². The van der Waals surface area contributed by atoms with Gasteiger partial charge < -0.3 is 0 Å². The number of thioether (sulfide) groups is 1. The summed E-state index contributed by atoms with van der Waals surface area (Å²) in [7, 11) is -4.94. The minimum absolute atomic E-state index is 0.459. The molecule has 0 radical (unpaired) electrons. The number of rotatable bonds is 2. The highest BCUT2D eigenvalue weighted by Gasteiger charge is 2.72. The molecule has 5 nitrogen and oxygen atoms in total. The van der Waals surface area contributed by atoms with E-state index in [0.29, 0.717) is 5.41 Å². The van der Waals surface area contributed by atoms with E-state index in [0.717, 1.165) is 12.0 Å². The number of nitrogens with zero attached hydrogens (tertiary/aromatic N) is 1. The van der Waals surface area contributed by atoms with Crippen LogP contribution < -0.4 is 18.6 Å². The molecule has 1 heterocycles. The third kappa shape index (κ3) is 5.97. The molecule has 7 heteroatoms. The van der Waals surface area contributed by atoms with Gasteiger partial charge in [-0.2, -0.15) is 0 Å². The fraction of sp³-hybridized carbons (Fsp3) is 0.923. The molecule has 2 aliphatic rings. The number of hydrogen-bond donors (Lipinski definition) is 0. The molecule has 0 aromatic heterocycles. The zero-order valence-electron chi connectivity index (χ0n) is 12.6. The van der Waals surface area contributed by atoms with Gasteiger partial charge in [-0.1, -0.05) is 27.2 Å². The first kappa shape index (κ1) is 18.4. The Morgan fingerprint density at radius 2 is 1.50 bits per heavy atom. The third-order valence-corrected chi connectivity index (χ3v) is 4.72. The van der Waals surface area contributed by atoms with E-state index in [1.165, 1.54) is 32.4 Å². The highest BCUT2D eigenvalue weighted by Crippen LogP contribution is 2.60. The zero-order chi connectivity index (χ0) is 15.6. The Kier molecular flexibility index (Phi) is 6.47. The van der Waals surface area contributed by atoms with Crippen molar-refractivity contribution in [3.05, 3.63) is 5.25 Å².